The molecule has 4 aliphatic heterocycles. The van der Waals surface area contributed by atoms with Gasteiger partial charge in [0.25, 0.3) is 17.7 Å². The van der Waals surface area contributed by atoms with E-state index in [1.165, 1.54) is 6.07 Å². The molecule has 8 rings (SSSR count). The summed E-state index contributed by atoms with van der Waals surface area (Å²) in [5.41, 5.74) is 3.92. The van der Waals surface area contributed by atoms with E-state index < -0.39 is 46.3 Å². The van der Waals surface area contributed by atoms with E-state index in [2.05, 4.69) is 49.3 Å². The molecule has 1 unspecified atom stereocenters. The summed E-state index contributed by atoms with van der Waals surface area (Å²) in [5.74, 6) is -1.74. The number of nitriles is 1. The molecule has 0 spiro atoms. The average Bonchev–Trinajstić information content (AvgIpc) is 3.67. The third-order valence-electron chi connectivity index (χ3n) is 12.9. The van der Waals surface area contributed by atoms with Crippen molar-refractivity contribution in [3.05, 3.63) is 93.3 Å². The van der Waals surface area contributed by atoms with E-state index in [1.807, 2.05) is 17.9 Å². The maximum Gasteiger partial charge on any atom is 0.262 e. The SMILES string of the molecule is Cc1cc(OC2C(C)(C)C(NC(=O)c3ccc(N4CCC(CN5Cc6cc7c(cc6C5)C(=O)N(C5CCC(=O)NC5=O)C7=O)CC4)c(F)c3)C2(C)C)ccc1C#N. The molecule has 12 nitrogen and oxygen atoms in total. The van der Waals surface area contributed by atoms with Crippen molar-refractivity contribution in [3.8, 4) is 11.8 Å². The minimum absolute atomic E-state index is 0.0773. The highest BCUT2D eigenvalue weighted by Gasteiger charge is 2.64. The summed E-state index contributed by atoms with van der Waals surface area (Å²) in [5, 5.41) is 14.7. The number of anilines is 1. The Morgan fingerprint density at radius 2 is 1.58 bits per heavy atom. The number of rotatable bonds is 8. The molecule has 3 fully saturated rings. The zero-order valence-corrected chi connectivity index (χ0v) is 32.9. The first-order valence-electron chi connectivity index (χ1n) is 19.7. The third kappa shape index (κ3) is 6.63. The Balaban J connectivity index is 0.838. The van der Waals surface area contributed by atoms with Crippen LogP contribution in [0.15, 0.2) is 48.5 Å². The van der Waals surface area contributed by atoms with Gasteiger partial charge in [-0.05, 0) is 97.3 Å². The molecule has 4 heterocycles. The summed E-state index contributed by atoms with van der Waals surface area (Å²) in [6.45, 7) is 13.5. The average molecular weight is 775 g/mol. The molecule has 5 aliphatic rings. The van der Waals surface area contributed by atoms with Gasteiger partial charge in [-0.15, -0.1) is 0 Å². The van der Waals surface area contributed by atoms with Gasteiger partial charge in [-0.1, -0.05) is 27.7 Å². The number of halogens is 1. The molecule has 3 aromatic carbocycles. The number of amides is 5. The lowest BCUT2D eigenvalue weighted by Crippen LogP contribution is -2.74. The van der Waals surface area contributed by atoms with Crippen molar-refractivity contribution in [2.75, 3.05) is 24.5 Å². The van der Waals surface area contributed by atoms with Crippen molar-refractivity contribution in [1.82, 2.24) is 20.4 Å². The highest BCUT2D eigenvalue weighted by molar-refractivity contribution is 6.23. The molecule has 57 heavy (non-hydrogen) atoms. The Morgan fingerprint density at radius 1 is 0.930 bits per heavy atom. The second kappa shape index (κ2) is 14.1. The van der Waals surface area contributed by atoms with Crippen LogP contribution in [0.5, 0.6) is 5.75 Å². The van der Waals surface area contributed by atoms with Gasteiger partial charge in [0.05, 0.1) is 28.4 Å². The minimum atomic E-state index is -0.988. The van der Waals surface area contributed by atoms with Crippen LogP contribution in [0, 0.1) is 40.8 Å². The van der Waals surface area contributed by atoms with Gasteiger partial charge in [0.15, 0.2) is 0 Å². The topological polar surface area (TPSA) is 152 Å². The lowest BCUT2D eigenvalue weighted by atomic mass is 9.49. The van der Waals surface area contributed by atoms with Crippen molar-refractivity contribution in [1.29, 1.82) is 5.26 Å². The van der Waals surface area contributed by atoms with Gasteiger partial charge in [-0.2, -0.15) is 5.26 Å². The standard InChI is InChI=1S/C44H47FN6O6/c1-24-16-30(8-6-27(24)20-46)57-42-43(2,3)41(44(42,4)5)48-37(53)26-7-9-34(33(45)19-26)50-14-12-25(13-15-50)21-49-22-28-17-31-32(18-29(28)23-49)40(56)51(39(31)55)35-10-11-36(52)47-38(35)54/h6-9,16-19,25,35,41-42H,10-15,21-23H2,1-5H3,(H,48,53)(H,47,52,54). The van der Waals surface area contributed by atoms with Crippen molar-refractivity contribution < 1.29 is 33.1 Å². The van der Waals surface area contributed by atoms with E-state index in [0.717, 1.165) is 41.0 Å². The summed E-state index contributed by atoms with van der Waals surface area (Å²) >= 11 is 0. The number of nitrogens with zero attached hydrogens (tertiary/aromatic N) is 4. The normalized spacial score (nSPS) is 24.1. The van der Waals surface area contributed by atoms with Gasteiger partial charge in [-0.3, -0.25) is 39.1 Å². The van der Waals surface area contributed by atoms with E-state index in [0.29, 0.717) is 60.2 Å². The minimum Gasteiger partial charge on any atom is -0.489 e. The van der Waals surface area contributed by atoms with Crippen molar-refractivity contribution in [3.63, 3.8) is 0 Å². The van der Waals surface area contributed by atoms with Gasteiger partial charge < -0.3 is 15.0 Å². The Labute approximate surface area is 331 Å². The molecule has 2 saturated heterocycles. The zero-order valence-electron chi connectivity index (χ0n) is 32.9. The van der Waals surface area contributed by atoms with E-state index >= 15 is 4.39 Å². The molecule has 2 N–H and O–H groups in total. The lowest BCUT2D eigenvalue weighted by molar-refractivity contribution is -0.164. The highest BCUT2D eigenvalue weighted by atomic mass is 19.1. The number of ether oxygens (including phenoxy) is 1. The number of hydrogen-bond acceptors (Lipinski definition) is 9. The Hall–Kier alpha value is -5.61. The number of aryl methyl sites for hydroxylation is 1. The summed E-state index contributed by atoms with van der Waals surface area (Å²) in [6, 6.07) is 14.6. The second-order valence-corrected chi connectivity index (χ2v) is 17.5. The van der Waals surface area contributed by atoms with Gasteiger partial charge in [0, 0.05) is 61.6 Å². The van der Waals surface area contributed by atoms with E-state index in [-0.39, 0.29) is 36.5 Å². The van der Waals surface area contributed by atoms with Crippen LogP contribution in [0.3, 0.4) is 0 Å². The fraction of sp³-hybridized carbons (Fsp3) is 0.455. The van der Waals surface area contributed by atoms with Gasteiger partial charge in [0.1, 0.15) is 23.7 Å². The summed E-state index contributed by atoms with van der Waals surface area (Å²) in [6.07, 6.45) is 1.71. The molecule has 1 atom stereocenters. The predicted octanol–water partition coefficient (Wildman–Crippen LogP) is 5.25. The highest BCUT2D eigenvalue weighted by Crippen LogP contribution is 2.55. The first-order chi connectivity index (χ1) is 27.1. The maximum atomic E-state index is 15.7. The molecule has 13 heteroatoms. The van der Waals surface area contributed by atoms with Crippen molar-refractivity contribution in [2.45, 2.75) is 91.6 Å². The zero-order chi connectivity index (χ0) is 40.6. The summed E-state index contributed by atoms with van der Waals surface area (Å²) in [7, 11) is 0. The van der Waals surface area contributed by atoms with Gasteiger partial charge in [-0.25, -0.2) is 4.39 Å². The van der Waals surface area contributed by atoms with Crippen LogP contribution in [-0.4, -0.2) is 77.2 Å². The Kier molecular flexibility index (Phi) is 9.46. The monoisotopic (exact) mass is 774 g/mol. The number of carbonyl (C=O) groups is 5. The van der Waals surface area contributed by atoms with Gasteiger partial charge in [0.2, 0.25) is 11.8 Å². The number of carbonyl (C=O) groups excluding carboxylic acids is 5. The molecule has 296 valence electrons. The molecular weight excluding hydrogens is 728 g/mol. The Morgan fingerprint density at radius 3 is 2.16 bits per heavy atom. The number of fused-ring (bicyclic) bond motifs is 2. The van der Waals surface area contributed by atoms with E-state index in [9.17, 15) is 29.2 Å². The van der Waals surface area contributed by atoms with Crippen LogP contribution < -0.4 is 20.3 Å². The van der Waals surface area contributed by atoms with Crippen molar-refractivity contribution >= 4 is 35.2 Å². The van der Waals surface area contributed by atoms with Crippen LogP contribution in [0.25, 0.3) is 0 Å². The van der Waals surface area contributed by atoms with E-state index in [1.54, 1.807) is 36.4 Å². The molecule has 0 bridgehead atoms. The first-order valence-corrected chi connectivity index (χ1v) is 19.7. The molecule has 1 aliphatic carbocycles. The smallest absolute Gasteiger partial charge is 0.262 e. The first kappa shape index (κ1) is 38.3. The lowest BCUT2D eigenvalue weighted by Gasteiger charge is -2.63. The summed E-state index contributed by atoms with van der Waals surface area (Å²) < 4.78 is 22.1. The fourth-order valence-corrected chi connectivity index (χ4v) is 10.2. The van der Waals surface area contributed by atoms with Crippen LogP contribution in [-0.2, 0) is 22.7 Å². The second-order valence-electron chi connectivity index (χ2n) is 17.5. The number of hydrogen-bond donors (Lipinski definition) is 2. The molecular formula is C44H47FN6O6. The van der Waals surface area contributed by atoms with Crippen molar-refractivity contribution in [2.24, 2.45) is 16.7 Å². The maximum absolute atomic E-state index is 15.7. The third-order valence-corrected chi connectivity index (χ3v) is 12.9. The fourth-order valence-electron chi connectivity index (χ4n) is 10.2. The largest absolute Gasteiger partial charge is 0.489 e. The number of nitrogens with one attached hydrogen (secondary N) is 2. The van der Waals surface area contributed by atoms with Crippen LogP contribution in [0.2, 0.25) is 0 Å². The molecule has 0 radical (unpaired) electrons. The van der Waals surface area contributed by atoms with E-state index in [4.69, 9.17) is 4.74 Å². The summed E-state index contributed by atoms with van der Waals surface area (Å²) in [4.78, 5) is 69.5. The van der Waals surface area contributed by atoms with Crippen LogP contribution in [0.1, 0.15) is 107 Å². The number of imide groups is 2. The number of benzene rings is 3. The van der Waals surface area contributed by atoms with Gasteiger partial charge >= 0.3 is 0 Å². The quantitative estimate of drug-likeness (QED) is 0.293. The van der Waals surface area contributed by atoms with Crippen LogP contribution in [0.4, 0.5) is 10.1 Å². The molecule has 1 saturated carbocycles. The molecule has 5 amide bonds. The van der Waals surface area contributed by atoms with Crippen LogP contribution >= 0.6 is 0 Å². The molecule has 0 aromatic heterocycles. The predicted molar refractivity (Wildman–Crippen MR) is 208 cm³/mol. The number of piperidine rings is 2. The molecule has 3 aromatic rings. The Bertz CT molecular complexity index is 2210.